The van der Waals surface area contributed by atoms with E-state index in [4.69, 9.17) is 0 Å². The molecule has 2 amide bonds. The second-order valence-electron chi connectivity index (χ2n) is 6.58. The first kappa shape index (κ1) is 18.6. The van der Waals surface area contributed by atoms with Crippen LogP contribution in [0.25, 0.3) is 0 Å². The van der Waals surface area contributed by atoms with Crippen LogP contribution < -0.4 is 10.6 Å². The fraction of sp³-hybridized carbons (Fsp3) is 0.300. The Balaban J connectivity index is 1.89. The SMILES string of the molecule is Cc1cccc(NC(=O)C(C)(C)C(=O)NCCc2ccc(F)cc2)c1. The van der Waals surface area contributed by atoms with Gasteiger partial charge in [0.15, 0.2) is 0 Å². The summed E-state index contributed by atoms with van der Waals surface area (Å²) in [5, 5.41) is 5.55. The van der Waals surface area contributed by atoms with Gasteiger partial charge >= 0.3 is 0 Å². The highest BCUT2D eigenvalue weighted by Gasteiger charge is 2.35. The van der Waals surface area contributed by atoms with Crippen LogP contribution in [0.15, 0.2) is 48.5 Å². The van der Waals surface area contributed by atoms with Gasteiger partial charge in [-0.15, -0.1) is 0 Å². The van der Waals surface area contributed by atoms with Crippen molar-refractivity contribution in [2.45, 2.75) is 27.2 Å². The van der Waals surface area contributed by atoms with Gasteiger partial charge in [0.2, 0.25) is 11.8 Å². The molecule has 2 rings (SSSR count). The molecule has 4 nitrogen and oxygen atoms in total. The maximum Gasteiger partial charge on any atom is 0.239 e. The van der Waals surface area contributed by atoms with Gasteiger partial charge in [-0.3, -0.25) is 9.59 Å². The van der Waals surface area contributed by atoms with Gasteiger partial charge < -0.3 is 10.6 Å². The summed E-state index contributed by atoms with van der Waals surface area (Å²) < 4.78 is 12.9. The zero-order chi connectivity index (χ0) is 18.4. The monoisotopic (exact) mass is 342 g/mol. The van der Waals surface area contributed by atoms with E-state index in [2.05, 4.69) is 10.6 Å². The Morgan fingerprint density at radius 1 is 1.04 bits per heavy atom. The van der Waals surface area contributed by atoms with Crippen molar-refractivity contribution in [3.8, 4) is 0 Å². The van der Waals surface area contributed by atoms with Crippen LogP contribution in [0, 0.1) is 18.2 Å². The maximum absolute atomic E-state index is 12.9. The van der Waals surface area contributed by atoms with Crippen LogP contribution in [0.4, 0.5) is 10.1 Å². The number of halogens is 1. The highest BCUT2D eigenvalue weighted by Crippen LogP contribution is 2.19. The summed E-state index contributed by atoms with van der Waals surface area (Å²) in [7, 11) is 0. The smallest absolute Gasteiger partial charge is 0.239 e. The number of hydrogen-bond donors (Lipinski definition) is 2. The molecule has 5 heteroatoms. The van der Waals surface area contributed by atoms with Gasteiger partial charge in [-0.1, -0.05) is 24.3 Å². The summed E-state index contributed by atoms with van der Waals surface area (Å²) in [6.07, 6.45) is 0.571. The Labute approximate surface area is 147 Å². The van der Waals surface area contributed by atoms with Gasteiger partial charge in [-0.2, -0.15) is 0 Å². The van der Waals surface area contributed by atoms with Gasteiger partial charge in [0.05, 0.1) is 0 Å². The lowest BCUT2D eigenvalue weighted by Gasteiger charge is -2.23. The molecule has 0 saturated carbocycles. The molecule has 0 spiro atoms. The van der Waals surface area contributed by atoms with Gasteiger partial charge in [0.1, 0.15) is 11.2 Å². The van der Waals surface area contributed by atoms with Gasteiger partial charge in [-0.05, 0) is 62.6 Å². The quantitative estimate of drug-likeness (QED) is 0.790. The van der Waals surface area contributed by atoms with Crippen LogP contribution in [0.1, 0.15) is 25.0 Å². The summed E-state index contributed by atoms with van der Waals surface area (Å²) in [5.41, 5.74) is 1.41. The maximum atomic E-state index is 12.9. The van der Waals surface area contributed by atoms with E-state index in [1.54, 1.807) is 32.0 Å². The first-order chi connectivity index (χ1) is 11.8. The Hall–Kier alpha value is -2.69. The van der Waals surface area contributed by atoms with Crippen LogP contribution in [0.2, 0.25) is 0 Å². The Morgan fingerprint density at radius 2 is 1.72 bits per heavy atom. The molecule has 0 unspecified atom stereocenters. The van der Waals surface area contributed by atoms with E-state index in [9.17, 15) is 14.0 Å². The summed E-state index contributed by atoms with van der Waals surface area (Å²) in [4.78, 5) is 24.8. The molecule has 0 radical (unpaired) electrons. The van der Waals surface area contributed by atoms with Gasteiger partial charge in [0.25, 0.3) is 0 Å². The Bertz CT molecular complexity index is 755. The molecular weight excluding hydrogens is 319 g/mol. The van der Waals surface area contributed by atoms with Crippen molar-refractivity contribution in [1.82, 2.24) is 5.32 Å². The van der Waals surface area contributed by atoms with Crippen molar-refractivity contribution >= 4 is 17.5 Å². The lowest BCUT2D eigenvalue weighted by molar-refractivity contribution is -0.138. The fourth-order valence-electron chi connectivity index (χ4n) is 2.31. The molecule has 2 aromatic rings. The van der Waals surface area contributed by atoms with Crippen LogP contribution in [-0.2, 0) is 16.0 Å². The van der Waals surface area contributed by atoms with E-state index in [1.165, 1.54) is 12.1 Å². The fourth-order valence-corrected chi connectivity index (χ4v) is 2.31. The molecule has 0 bridgehead atoms. The van der Waals surface area contributed by atoms with Crippen molar-refractivity contribution in [1.29, 1.82) is 0 Å². The number of carbonyl (C=O) groups excluding carboxylic acids is 2. The number of rotatable bonds is 6. The predicted molar refractivity (Wildman–Crippen MR) is 96.7 cm³/mol. The van der Waals surface area contributed by atoms with Crippen LogP contribution in [-0.4, -0.2) is 18.4 Å². The van der Waals surface area contributed by atoms with Gasteiger partial charge in [-0.25, -0.2) is 4.39 Å². The molecular formula is C20H23FN2O2. The molecule has 0 aromatic heterocycles. The lowest BCUT2D eigenvalue weighted by atomic mass is 9.90. The minimum absolute atomic E-state index is 0.290. The summed E-state index contributed by atoms with van der Waals surface area (Å²) >= 11 is 0. The topological polar surface area (TPSA) is 58.2 Å². The molecule has 0 saturated heterocycles. The third-order valence-corrected chi connectivity index (χ3v) is 4.02. The van der Waals surface area contributed by atoms with Gasteiger partial charge in [0, 0.05) is 12.2 Å². The largest absolute Gasteiger partial charge is 0.355 e. The minimum Gasteiger partial charge on any atom is -0.355 e. The molecule has 0 fully saturated rings. The van der Waals surface area contributed by atoms with Crippen molar-refractivity contribution in [2.24, 2.45) is 5.41 Å². The van der Waals surface area contributed by atoms with E-state index in [0.717, 1.165) is 11.1 Å². The zero-order valence-electron chi connectivity index (χ0n) is 14.7. The summed E-state index contributed by atoms with van der Waals surface area (Å²) in [6.45, 7) is 5.49. The number of aryl methyl sites for hydroxylation is 1. The minimum atomic E-state index is -1.20. The van der Waals surface area contributed by atoms with E-state index in [1.807, 2.05) is 25.1 Å². The lowest BCUT2D eigenvalue weighted by Crippen LogP contribution is -2.45. The molecule has 0 aliphatic carbocycles. The molecule has 0 heterocycles. The highest BCUT2D eigenvalue weighted by molar-refractivity contribution is 6.09. The van der Waals surface area contributed by atoms with Crippen LogP contribution in [0.5, 0.6) is 0 Å². The number of benzene rings is 2. The van der Waals surface area contributed by atoms with Crippen molar-refractivity contribution in [3.63, 3.8) is 0 Å². The van der Waals surface area contributed by atoms with E-state index < -0.39 is 5.41 Å². The number of anilines is 1. The molecule has 2 N–H and O–H groups in total. The number of amides is 2. The second kappa shape index (κ2) is 7.92. The Kier molecular flexibility index (Phi) is 5.91. The molecule has 0 atom stereocenters. The molecule has 25 heavy (non-hydrogen) atoms. The first-order valence-electron chi connectivity index (χ1n) is 8.20. The van der Waals surface area contributed by atoms with Crippen LogP contribution >= 0.6 is 0 Å². The Morgan fingerprint density at radius 3 is 2.36 bits per heavy atom. The third-order valence-electron chi connectivity index (χ3n) is 4.02. The normalized spacial score (nSPS) is 11.0. The molecule has 2 aromatic carbocycles. The molecule has 0 aliphatic rings. The average molecular weight is 342 g/mol. The third kappa shape index (κ3) is 5.14. The highest BCUT2D eigenvalue weighted by atomic mass is 19.1. The summed E-state index contributed by atoms with van der Waals surface area (Å²) in [6, 6.07) is 13.5. The van der Waals surface area contributed by atoms with E-state index >= 15 is 0 Å². The predicted octanol–water partition coefficient (Wildman–Crippen LogP) is 3.46. The van der Waals surface area contributed by atoms with E-state index in [-0.39, 0.29) is 17.6 Å². The number of carbonyl (C=O) groups is 2. The van der Waals surface area contributed by atoms with Crippen LogP contribution in [0.3, 0.4) is 0 Å². The molecule has 132 valence electrons. The van der Waals surface area contributed by atoms with Crippen molar-refractivity contribution in [3.05, 3.63) is 65.5 Å². The number of hydrogen-bond acceptors (Lipinski definition) is 2. The second-order valence-corrected chi connectivity index (χ2v) is 6.58. The van der Waals surface area contributed by atoms with Crippen molar-refractivity contribution < 1.29 is 14.0 Å². The molecule has 0 aliphatic heterocycles. The number of nitrogens with one attached hydrogen (secondary N) is 2. The summed E-state index contributed by atoms with van der Waals surface area (Å²) in [5.74, 6) is -1.00. The van der Waals surface area contributed by atoms with E-state index in [0.29, 0.717) is 18.7 Å². The standard InChI is InChI=1S/C20H23FN2O2/c1-14-5-4-6-17(13-14)23-19(25)20(2,3)18(24)22-12-11-15-7-9-16(21)10-8-15/h4-10,13H,11-12H2,1-3H3,(H,22,24)(H,23,25). The van der Waals surface area contributed by atoms with Crippen molar-refractivity contribution in [2.75, 3.05) is 11.9 Å². The first-order valence-corrected chi connectivity index (χ1v) is 8.20. The zero-order valence-corrected chi connectivity index (χ0v) is 14.7. The average Bonchev–Trinajstić information content (AvgIpc) is 2.56.